The van der Waals surface area contributed by atoms with Gasteiger partial charge in [-0.15, -0.1) is 5.26 Å². The number of esters is 1. The van der Waals surface area contributed by atoms with Crippen molar-refractivity contribution in [2.24, 2.45) is 0 Å². The molecular formula is C18H17N3O4. The maximum absolute atomic E-state index is 11.9. The number of benzene rings is 2. The molecule has 0 heterocycles. The molecule has 128 valence electrons. The van der Waals surface area contributed by atoms with Gasteiger partial charge in [0, 0.05) is 34.6 Å². The predicted molar refractivity (Wildman–Crippen MR) is 93.3 cm³/mol. The van der Waals surface area contributed by atoms with E-state index in [1.54, 1.807) is 48.7 Å². The summed E-state index contributed by atoms with van der Waals surface area (Å²) in [4.78, 5) is 11.9. The number of ether oxygens (including phenoxy) is 3. The molecule has 0 aromatic heterocycles. The fourth-order valence-corrected chi connectivity index (χ4v) is 2.05. The average molecular weight is 339 g/mol. The van der Waals surface area contributed by atoms with E-state index in [4.69, 9.17) is 30.9 Å². The summed E-state index contributed by atoms with van der Waals surface area (Å²) >= 11 is 0. The fraction of sp³-hybridized carbons (Fsp3) is 0.111. The molecule has 0 aliphatic carbocycles. The number of hydrogen-bond donors (Lipinski definition) is 2. The summed E-state index contributed by atoms with van der Waals surface area (Å²) in [7, 11) is 1.48. The van der Waals surface area contributed by atoms with E-state index in [-0.39, 0.29) is 6.61 Å². The number of nitrogen functional groups attached to an aromatic ring is 2. The van der Waals surface area contributed by atoms with E-state index < -0.39 is 5.97 Å². The van der Waals surface area contributed by atoms with Gasteiger partial charge in [-0.25, -0.2) is 4.79 Å². The lowest BCUT2D eigenvalue weighted by molar-refractivity contribution is -0.138. The number of rotatable bonds is 6. The van der Waals surface area contributed by atoms with E-state index in [9.17, 15) is 4.79 Å². The molecule has 0 saturated carbocycles. The molecule has 7 nitrogen and oxygen atoms in total. The van der Waals surface area contributed by atoms with Gasteiger partial charge in [-0.3, -0.25) is 0 Å². The lowest BCUT2D eigenvalue weighted by atomic mass is 10.1. The van der Waals surface area contributed by atoms with Crippen molar-refractivity contribution in [3.05, 3.63) is 53.6 Å². The summed E-state index contributed by atoms with van der Waals surface area (Å²) < 4.78 is 15.1. The first-order valence-corrected chi connectivity index (χ1v) is 7.26. The summed E-state index contributed by atoms with van der Waals surface area (Å²) in [6.07, 6.45) is 4.40. The summed E-state index contributed by atoms with van der Waals surface area (Å²) in [6.45, 7) is 0.0430. The molecule has 0 aliphatic rings. The van der Waals surface area contributed by atoms with Crippen molar-refractivity contribution in [2.45, 2.75) is 6.61 Å². The second kappa shape index (κ2) is 8.26. The van der Waals surface area contributed by atoms with Crippen molar-refractivity contribution in [3.63, 3.8) is 0 Å². The third-order valence-corrected chi connectivity index (χ3v) is 3.31. The zero-order valence-electron chi connectivity index (χ0n) is 13.6. The van der Waals surface area contributed by atoms with E-state index in [1.807, 2.05) is 0 Å². The highest BCUT2D eigenvalue weighted by Gasteiger charge is 2.06. The van der Waals surface area contributed by atoms with Gasteiger partial charge in [-0.05, 0) is 30.3 Å². The van der Waals surface area contributed by atoms with Crippen molar-refractivity contribution in [3.8, 4) is 17.8 Å². The first-order valence-electron chi connectivity index (χ1n) is 7.26. The Bertz CT molecular complexity index is 841. The van der Waals surface area contributed by atoms with Crippen LogP contribution in [0.1, 0.15) is 11.1 Å². The minimum atomic E-state index is -0.532. The zero-order chi connectivity index (χ0) is 18.2. The normalized spacial score (nSPS) is 10.2. The Kier molecular flexibility index (Phi) is 5.85. The minimum absolute atomic E-state index is 0.0430. The van der Waals surface area contributed by atoms with Crippen LogP contribution in [0.25, 0.3) is 6.08 Å². The highest BCUT2D eigenvalue weighted by molar-refractivity contribution is 5.87. The van der Waals surface area contributed by atoms with Crippen LogP contribution in [0.4, 0.5) is 11.4 Å². The maximum atomic E-state index is 11.9. The second-order valence-corrected chi connectivity index (χ2v) is 5.00. The van der Waals surface area contributed by atoms with E-state index in [1.165, 1.54) is 13.2 Å². The van der Waals surface area contributed by atoms with E-state index >= 15 is 0 Å². The summed E-state index contributed by atoms with van der Waals surface area (Å²) in [6, 6.07) is 9.79. The Hall–Kier alpha value is -3.66. The van der Waals surface area contributed by atoms with Crippen LogP contribution in [0, 0.1) is 11.5 Å². The van der Waals surface area contributed by atoms with Crippen LogP contribution < -0.4 is 20.9 Å². The molecule has 2 rings (SSSR count). The Morgan fingerprint density at radius 2 is 2.04 bits per heavy atom. The molecule has 0 bridgehead atoms. The number of nitriles is 1. The van der Waals surface area contributed by atoms with Crippen LogP contribution in [0.15, 0.2) is 42.5 Å². The van der Waals surface area contributed by atoms with Crippen molar-refractivity contribution in [1.82, 2.24) is 0 Å². The van der Waals surface area contributed by atoms with Gasteiger partial charge >= 0.3 is 5.97 Å². The first kappa shape index (κ1) is 17.7. The standard InChI is InChI=1S/C18H17N3O4/c1-23-17-9-15(25-11-19)6-3-12(17)4-7-18(22)24-10-13-2-5-14(20)8-16(13)21/h2-9H,10,20-21H2,1H3/b7-4+. The third-order valence-electron chi connectivity index (χ3n) is 3.31. The summed E-state index contributed by atoms with van der Waals surface area (Å²) in [5.41, 5.74) is 13.7. The third kappa shape index (κ3) is 4.91. The molecule has 0 unspecified atom stereocenters. The van der Waals surface area contributed by atoms with E-state index in [0.717, 1.165) is 0 Å². The van der Waals surface area contributed by atoms with Gasteiger partial charge in [0.05, 0.1) is 7.11 Å². The molecule has 0 fully saturated rings. The number of nitrogens with two attached hydrogens (primary N) is 2. The summed E-state index contributed by atoms with van der Waals surface area (Å²) in [5, 5.41) is 8.51. The topological polar surface area (TPSA) is 121 Å². The Morgan fingerprint density at radius 3 is 2.72 bits per heavy atom. The van der Waals surface area contributed by atoms with Crippen molar-refractivity contribution < 1.29 is 19.0 Å². The predicted octanol–water partition coefficient (Wildman–Crippen LogP) is 2.48. The Balaban J connectivity index is 2.01. The quantitative estimate of drug-likeness (QED) is 0.359. The minimum Gasteiger partial charge on any atom is -0.496 e. The van der Waals surface area contributed by atoms with Gasteiger partial charge < -0.3 is 25.7 Å². The molecule has 0 atom stereocenters. The number of carbonyl (C=O) groups excluding carboxylic acids is 1. The number of anilines is 2. The highest BCUT2D eigenvalue weighted by Crippen LogP contribution is 2.25. The van der Waals surface area contributed by atoms with Gasteiger partial charge in [0.1, 0.15) is 18.1 Å². The van der Waals surface area contributed by atoms with E-state index in [0.29, 0.717) is 34.0 Å². The second-order valence-electron chi connectivity index (χ2n) is 5.00. The number of hydrogen-bond acceptors (Lipinski definition) is 7. The summed E-state index contributed by atoms with van der Waals surface area (Å²) in [5.74, 6) is 0.271. The molecular weight excluding hydrogens is 322 g/mol. The van der Waals surface area contributed by atoms with Gasteiger partial charge in [0.15, 0.2) is 0 Å². The van der Waals surface area contributed by atoms with Gasteiger partial charge in [0.2, 0.25) is 0 Å². The van der Waals surface area contributed by atoms with Gasteiger partial charge in [-0.2, -0.15) is 0 Å². The SMILES string of the molecule is COc1cc(OC#N)ccc1/C=C/C(=O)OCc1ccc(N)cc1N. The zero-order valence-corrected chi connectivity index (χ0v) is 13.6. The maximum Gasteiger partial charge on any atom is 0.331 e. The van der Waals surface area contributed by atoms with Crippen LogP contribution >= 0.6 is 0 Å². The van der Waals surface area contributed by atoms with Crippen molar-refractivity contribution in [2.75, 3.05) is 18.6 Å². The molecule has 4 N–H and O–H groups in total. The van der Waals surface area contributed by atoms with E-state index in [2.05, 4.69) is 0 Å². The number of methoxy groups -OCH3 is 1. The lowest BCUT2D eigenvalue weighted by Gasteiger charge is -2.07. The van der Waals surface area contributed by atoms with Crippen LogP contribution in [0.5, 0.6) is 11.5 Å². The molecule has 2 aromatic carbocycles. The number of nitrogens with zero attached hydrogens (tertiary/aromatic N) is 1. The largest absolute Gasteiger partial charge is 0.496 e. The molecule has 0 saturated heterocycles. The fourth-order valence-electron chi connectivity index (χ4n) is 2.05. The average Bonchev–Trinajstić information content (AvgIpc) is 2.60. The molecule has 25 heavy (non-hydrogen) atoms. The van der Waals surface area contributed by atoms with Crippen LogP contribution in [0.3, 0.4) is 0 Å². The molecule has 7 heteroatoms. The first-order chi connectivity index (χ1) is 12.0. The molecule has 0 spiro atoms. The van der Waals surface area contributed by atoms with Gasteiger partial charge in [-0.1, -0.05) is 6.07 Å². The molecule has 0 aliphatic heterocycles. The van der Waals surface area contributed by atoms with Crippen molar-refractivity contribution in [1.29, 1.82) is 5.26 Å². The van der Waals surface area contributed by atoms with Crippen LogP contribution in [0.2, 0.25) is 0 Å². The molecule has 2 aromatic rings. The Morgan fingerprint density at radius 1 is 1.24 bits per heavy atom. The molecule has 0 amide bonds. The monoisotopic (exact) mass is 339 g/mol. The van der Waals surface area contributed by atoms with Gasteiger partial charge in [0.25, 0.3) is 6.26 Å². The highest BCUT2D eigenvalue weighted by atomic mass is 16.5. The van der Waals surface area contributed by atoms with Crippen molar-refractivity contribution >= 4 is 23.4 Å². The lowest BCUT2D eigenvalue weighted by Crippen LogP contribution is -2.03. The number of carbonyl (C=O) groups is 1. The van der Waals surface area contributed by atoms with Crippen LogP contribution in [-0.2, 0) is 16.1 Å². The molecule has 0 radical (unpaired) electrons. The smallest absolute Gasteiger partial charge is 0.331 e. The van der Waals surface area contributed by atoms with Crippen LogP contribution in [-0.4, -0.2) is 13.1 Å². The Labute approximate surface area is 145 Å².